The minimum absolute atomic E-state index is 0.831. The average molecular weight is 457 g/mol. The van der Waals surface area contributed by atoms with E-state index < -0.39 is 0 Å². The molecule has 0 radical (unpaired) electrons. The molecule has 0 fully saturated rings. The second-order valence-corrected chi connectivity index (χ2v) is 8.02. The molecule has 0 bridgehead atoms. The van der Waals surface area contributed by atoms with Crippen LogP contribution in [0.1, 0.15) is 26.3 Å². The Bertz CT molecular complexity index is 1480. The van der Waals surface area contributed by atoms with Crippen LogP contribution in [-0.4, -0.2) is 4.57 Å². The first-order chi connectivity index (χ1) is 17.2. The third-order valence-corrected chi connectivity index (χ3v) is 6.15. The van der Waals surface area contributed by atoms with Crippen LogP contribution in [0.3, 0.4) is 0 Å². The second-order valence-electron chi connectivity index (χ2n) is 8.02. The van der Waals surface area contributed by atoms with Gasteiger partial charge >= 0.3 is 0 Å². The monoisotopic (exact) mass is 456 g/mol. The van der Waals surface area contributed by atoms with E-state index in [1.54, 1.807) is 0 Å². The van der Waals surface area contributed by atoms with Crippen LogP contribution in [-0.2, 0) is 0 Å². The summed E-state index contributed by atoms with van der Waals surface area (Å²) in [6, 6.07) is 25.4. The predicted octanol–water partition coefficient (Wildman–Crippen LogP) is 9.56. The Labute approximate surface area is 208 Å². The Kier molecular flexibility index (Phi) is 7.03. The maximum Gasteiger partial charge on any atom is 0.0641 e. The lowest BCUT2D eigenvalue weighted by Gasteiger charge is -2.16. The molecule has 0 saturated carbocycles. The molecule has 0 saturated heterocycles. The Morgan fingerprint density at radius 2 is 1.54 bits per heavy atom. The van der Waals surface area contributed by atoms with Crippen LogP contribution >= 0.6 is 0 Å². The highest BCUT2D eigenvalue weighted by molar-refractivity contribution is 6.12. The highest BCUT2D eigenvalue weighted by atomic mass is 15.0. The van der Waals surface area contributed by atoms with E-state index in [2.05, 4.69) is 109 Å². The summed E-state index contributed by atoms with van der Waals surface area (Å²) < 4.78 is 2.25. The van der Waals surface area contributed by atoms with E-state index in [9.17, 15) is 0 Å². The number of nitrogens with one attached hydrogen (secondary N) is 1. The van der Waals surface area contributed by atoms with Gasteiger partial charge in [0.25, 0.3) is 0 Å². The molecule has 1 aliphatic heterocycles. The van der Waals surface area contributed by atoms with Gasteiger partial charge in [-0.2, -0.15) is 0 Å². The SMILES string of the molecule is C=CC(=C)n1c2c(c3cccc(-c4ccccc4)c31)C(C=C)=C(/C=C\C)Nc1ccccc1-2.CC. The fraction of sp³-hybridized carbons (Fsp3) is 0.0909. The van der Waals surface area contributed by atoms with E-state index >= 15 is 0 Å². The molecule has 35 heavy (non-hydrogen) atoms. The van der Waals surface area contributed by atoms with Gasteiger partial charge in [0, 0.05) is 44.7 Å². The maximum absolute atomic E-state index is 4.39. The zero-order valence-electron chi connectivity index (χ0n) is 20.8. The summed E-state index contributed by atoms with van der Waals surface area (Å²) in [5, 5.41) is 4.80. The number of fused-ring (bicyclic) bond motifs is 5. The predicted molar refractivity (Wildman–Crippen MR) is 155 cm³/mol. The highest BCUT2D eigenvalue weighted by Gasteiger charge is 2.28. The number of anilines is 1. The first kappa shape index (κ1) is 23.8. The first-order valence-corrected chi connectivity index (χ1v) is 12.1. The van der Waals surface area contributed by atoms with Crippen molar-refractivity contribution < 1.29 is 0 Å². The third kappa shape index (κ3) is 3.98. The lowest BCUT2D eigenvalue weighted by atomic mass is 9.96. The zero-order chi connectivity index (χ0) is 24.9. The van der Waals surface area contributed by atoms with Crippen molar-refractivity contribution in [2.75, 3.05) is 5.32 Å². The Hall–Kier alpha value is -4.30. The molecule has 0 spiro atoms. The van der Waals surface area contributed by atoms with E-state index in [0.29, 0.717) is 0 Å². The van der Waals surface area contributed by atoms with Crippen LogP contribution in [0, 0.1) is 0 Å². The molecule has 1 N–H and O–H groups in total. The molecule has 0 atom stereocenters. The maximum atomic E-state index is 4.39. The van der Waals surface area contributed by atoms with Crippen LogP contribution in [0.25, 0.3) is 44.6 Å². The number of hydrogen-bond acceptors (Lipinski definition) is 1. The number of para-hydroxylation sites is 2. The molecule has 2 heteroatoms. The summed E-state index contributed by atoms with van der Waals surface area (Å²) in [6.07, 6.45) is 7.93. The smallest absolute Gasteiger partial charge is 0.0641 e. The average Bonchev–Trinajstić information content (AvgIpc) is 3.18. The van der Waals surface area contributed by atoms with Crippen LogP contribution in [0.15, 0.2) is 123 Å². The molecule has 0 amide bonds. The van der Waals surface area contributed by atoms with Gasteiger partial charge in [-0.15, -0.1) is 0 Å². The number of allylic oxidation sites excluding steroid dienone is 6. The molecule has 2 heterocycles. The molecule has 2 nitrogen and oxygen atoms in total. The lowest BCUT2D eigenvalue weighted by Crippen LogP contribution is -2.00. The summed E-state index contributed by atoms with van der Waals surface area (Å²) in [7, 11) is 0. The number of aromatic nitrogens is 1. The number of rotatable bonds is 5. The molecule has 1 aliphatic rings. The van der Waals surface area contributed by atoms with Crippen LogP contribution in [0.5, 0.6) is 0 Å². The Morgan fingerprint density at radius 3 is 2.23 bits per heavy atom. The summed E-state index contributed by atoms with van der Waals surface area (Å²) in [5.41, 5.74) is 10.8. The minimum Gasteiger partial charge on any atom is -0.354 e. The molecular weight excluding hydrogens is 424 g/mol. The van der Waals surface area contributed by atoms with Crippen molar-refractivity contribution >= 4 is 27.9 Å². The number of hydrogen-bond donors (Lipinski definition) is 1. The molecule has 174 valence electrons. The largest absolute Gasteiger partial charge is 0.354 e. The van der Waals surface area contributed by atoms with E-state index in [1.807, 2.05) is 39.0 Å². The molecule has 0 aliphatic carbocycles. The van der Waals surface area contributed by atoms with Crippen molar-refractivity contribution in [1.82, 2.24) is 4.57 Å². The van der Waals surface area contributed by atoms with Gasteiger partial charge in [0.1, 0.15) is 0 Å². The van der Waals surface area contributed by atoms with Crippen molar-refractivity contribution in [1.29, 1.82) is 0 Å². The second kappa shape index (κ2) is 10.3. The highest BCUT2D eigenvalue weighted by Crippen LogP contribution is 2.48. The first-order valence-electron chi connectivity index (χ1n) is 12.1. The van der Waals surface area contributed by atoms with Gasteiger partial charge in [-0.25, -0.2) is 0 Å². The Morgan fingerprint density at radius 1 is 0.857 bits per heavy atom. The van der Waals surface area contributed by atoms with Crippen molar-refractivity contribution in [2.45, 2.75) is 20.8 Å². The van der Waals surface area contributed by atoms with Gasteiger partial charge in [0.05, 0.1) is 11.2 Å². The van der Waals surface area contributed by atoms with Gasteiger partial charge in [-0.3, -0.25) is 0 Å². The van der Waals surface area contributed by atoms with Gasteiger partial charge in [0.2, 0.25) is 0 Å². The van der Waals surface area contributed by atoms with Crippen molar-refractivity contribution in [2.24, 2.45) is 0 Å². The van der Waals surface area contributed by atoms with Crippen LogP contribution in [0.4, 0.5) is 5.69 Å². The van der Waals surface area contributed by atoms with E-state index in [1.165, 1.54) is 0 Å². The van der Waals surface area contributed by atoms with Gasteiger partial charge in [-0.05, 0) is 30.7 Å². The summed E-state index contributed by atoms with van der Waals surface area (Å²) >= 11 is 0. The van der Waals surface area contributed by atoms with Crippen LogP contribution in [0.2, 0.25) is 0 Å². The topological polar surface area (TPSA) is 17.0 Å². The Balaban J connectivity index is 0.00000141. The fourth-order valence-corrected chi connectivity index (χ4v) is 4.75. The fourth-order valence-electron chi connectivity index (χ4n) is 4.75. The van der Waals surface area contributed by atoms with E-state index in [0.717, 1.165) is 61.5 Å². The van der Waals surface area contributed by atoms with Crippen molar-refractivity contribution in [3.63, 3.8) is 0 Å². The lowest BCUT2D eigenvalue weighted by molar-refractivity contribution is 1.19. The molecule has 4 aromatic rings. The van der Waals surface area contributed by atoms with Crippen molar-refractivity contribution in [3.05, 3.63) is 128 Å². The normalized spacial score (nSPS) is 12.2. The van der Waals surface area contributed by atoms with Crippen molar-refractivity contribution in [3.8, 4) is 22.4 Å². The minimum atomic E-state index is 0.831. The standard InChI is InChI=1S/C31H26N2.C2H6/c1-5-14-27-23(7-3)29-26-19-13-18-24(22-15-9-8-10-16-22)30(26)33(21(4)6-2)31(29)25-17-11-12-20-28(25)32-27;1-2/h5-20,32H,2-4H2,1H3;1-2H3/b14-5-;. The summed E-state index contributed by atoms with van der Waals surface area (Å²) in [5.74, 6) is 0. The molecule has 5 rings (SSSR count). The van der Waals surface area contributed by atoms with Crippen LogP contribution < -0.4 is 5.32 Å². The number of nitrogens with zero attached hydrogens (tertiary/aromatic N) is 1. The quantitative estimate of drug-likeness (QED) is 0.296. The zero-order valence-corrected chi connectivity index (χ0v) is 20.8. The molecule has 3 aromatic carbocycles. The summed E-state index contributed by atoms with van der Waals surface area (Å²) in [6.45, 7) is 18.7. The third-order valence-electron chi connectivity index (χ3n) is 6.15. The molecular formula is C33H32N2. The summed E-state index contributed by atoms with van der Waals surface area (Å²) in [4.78, 5) is 0. The van der Waals surface area contributed by atoms with Gasteiger partial charge < -0.3 is 9.88 Å². The van der Waals surface area contributed by atoms with Gasteiger partial charge in [-0.1, -0.05) is 112 Å². The number of benzene rings is 3. The van der Waals surface area contributed by atoms with E-state index in [4.69, 9.17) is 0 Å². The van der Waals surface area contributed by atoms with Gasteiger partial charge in [0.15, 0.2) is 0 Å². The molecule has 0 unspecified atom stereocenters. The molecule has 1 aromatic heterocycles. The van der Waals surface area contributed by atoms with E-state index in [-0.39, 0.29) is 0 Å².